The second-order valence-electron chi connectivity index (χ2n) is 10.6. The first-order valence-electron chi connectivity index (χ1n) is 13.6. The van der Waals surface area contributed by atoms with Crippen LogP contribution in [-0.4, -0.2) is 78.7 Å². The van der Waals surface area contributed by atoms with Gasteiger partial charge in [-0.2, -0.15) is 4.31 Å². The number of anilines is 2. The number of aliphatic hydroxyl groups is 1. The maximum atomic E-state index is 13.5. The van der Waals surface area contributed by atoms with Crippen molar-refractivity contribution in [1.29, 1.82) is 0 Å². The van der Waals surface area contributed by atoms with Gasteiger partial charge in [-0.15, -0.1) is 0 Å². The number of carbonyl (C=O) groups is 2. The molecule has 1 aromatic heterocycles. The molecule has 42 heavy (non-hydrogen) atoms. The van der Waals surface area contributed by atoms with E-state index in [0.717, 1.165) is 0 Å². The zero-order chi connectivity index (χ0) is 30.6. The van der Waals surface area contributed by atoms with Gasteiger partial charge in [0.15, 0.2) is 5.76 Å². The average molecular weight is 600 g/mol. The van der Waals surface area contributed by atoms with E-state index in [1.807, 2.05) is 6.92 Å². The Morgan fingerprint density at radius 3 is 2.55 bits per heavy atom. The summed E-state index contributed by atoms with van der Waals surface area (Å²) in [6.07, 6.45) is -0.675. The average Bonchev–Trinajstić information content (AvgIpc) is 3.29. The zero-order valence-corrected chi connectivity index (χ0v) is 25.1. The van der Waals surface area contributed by atoms with Gasteiger partial charge in [-0.3, -0.25) is 4.79 Å². The fourth-order valence-corrected chi connectivity index (χ4v) is 5.99. The highest BCUT2D eigenvalue weighted by atomic mass is 32.2. The van der Waals surface area contributed by atoms with Gasteiger partial charge in [-0.25, -0.2) is 13.2 Å². The van der Waals surface area contributed by atoms with Crippen LogP contribution in [0.2, 0.25) is 0 Å². The summed E-state index contributed by atoms with van der Waals surface area (Å²) in [4.78, 5) is 27.9. The van der Waals surface area contributed by atoms with Gasteiger partial charge >= 0.3 is 6.03 Å². The van der Waals surface area contributed by atoms with Crippen molar-refractivity contribution < 1.29 is 32.4 Å². The van der Waals surface area contributed by atoms with Gasteiger partial charge < -0.3 is 29.9 Å². The molecule has 1 aliphatic heterocycles. The van der Waals surface area contributed by atoms with Crippen LogP contribution in [0.3, 0.4) is 0 Å². The number of sulfonamides is 1. The van der Waals surface area contributed by atoms with Crippen LogP contribution in [0.15, 0.2) is 57.9 Å². The first-order valence-corrected chi connectivity index (χ1v) is 15.1. The summed E-state index contributed by atoms with van der Waals surface area (Å²) in [6.45, 7) is 7.08. The summed E-state index contributed by atoms with van der Waals surface area (Å²) < 4.78 is 39.3. The third-order valence-corrected chi connectivity index (χ3v) is 9.17. The first kappa shape index (κ1) is 31.0. The van der Waals surface area contributed by atoms with Crippen LogP contribution in [0.25, 0.3) is 0 Å². The molecule has 0 unspecified atom stereocenters. The van der Waals surface area contributed by atoms with E-state index in [-0.39, 0.29) is 42.8 Å². The molecule has 3 atom stereocenters. The van der Waals surface area contributed by atoms with Crippen LogP contribution >= 0.6 is 0 Å². The van der Waals surface area contributed by atoms with Gasteiger partial charge in [0.25, 0.3) is 0 Å². The quantitative estimate of drug-likeness (QED) is 0.356. The second-order valence-corrected chi connectivity index (χ2v) is 12.6. The van der Waals surface area contributed by atoms with Crippen LogP contribution in [0, 0.1) is 19.8 Å². The molecular weight excluding hydrogens is 562 g/mol. The number of urea groups is 1. The number of likely N-dealkylation sites (N-methyl/N-ethyl adjacent to an activating group) is 1. The van der Waals surface area contributed by atoms with Gasteiger partial charge in [-0.05, 0) is 51.1 Å². The van der Waals surface area contributed by atoms with E-state index < -0.39 is 28.2 Å². The fourth-order valence-electron chi connectivity index (χ4n) is 4.79. The maximum Gasteiger partial charge on any atom is 0.323 e. The molecule has 2 heterocycles. The molecule has 0 spiro atoms. The third-order valence-electron chi connectivity index (χ3n) is 7.33. The predicted molar refractivity (Wildman–Crippen MR) is 157 cm³/mol. The molecule has 0 saturated heterocycles. The van der Waals surface area contributed by atoms with Crippen molar-refractivity contribution >= 4 is 33.3 Å². The number of aliphatic hydroxyl groups excluding tert-OH is 1. The first-order chi connectivity index (χ1) is 19.9. The van der Waals surface area contributed by atoms with Gasteiger partial charge in [0.1, 0.15) is 23.2 Å². The summed E-state index contributed by atoms with van der Waals surface area (Å²) in [7, 11) is -2.30. The third kappa shape index (κ3) is 6.92. The highest BCUT2D eigenvalue weighted by Gasteiger charge is 2.33. The van der Waals surface area contributed by atoms with E-state index in [4.69, 9.17) is 9.26 Å². The minimum absolute atomic E-state index is 0.0210. The second kappa shape index (κ2) is 12.9. The Balaban J connectivity index is 1.62. The maximum absolute atomic E-state index is 13.5. The van der Waals surface area contributed by atoms with Crippen LogP contribution in [0.5, 0.6) is 5.75 Å². The molecule has 0 radical (unpaired) electrons. The van der Waals surface area contributed by atoms with Crippen molar-refractivity contribution in [2.45, 2.75) is 51.2 Å². The predicted octanol–water partition coefficient (Wildman–Crippen LogP) is 3.41. The minimum Gasteiger partial charge on any atom is -0.488 e. The van der Waals surface area contributed by atoms with Crippen LogP contribution < -0.4 is 15.4 Å². The Morgan fingerprint density at radius 2 is 1.90 bits per heavy atom. The lowest BCUT2D eigenvalue weighted by Gasteiger charge is -2.33. The van der Waals surface area contributed by atoms with Gasteiger partial charge in [-0.1, -0.05) is 30.3 Å². The number of nitrogens with zero attached hydrogens (tertiary/aromatic N) is 3. The molecule has 3 aromatic rings. The Kier molecular flexibility index (Phi) is 9.54. The molecule has 13 heteroatoms. The Morgan fingerprint density at radius 1 is 1.19 bits per heavy atom. The molecule has 12 nitrogen and oxygen atoms in total. The molecule has 0 fully saturated rings. The number of ether oxygens (including phenoxy) is 1. The molecule has 3 amide bonds. The minimum atomic E-state index is -3.80. The largest absolute Gasteiger partial charge is 0.488 e. The number of aryl methyl sites for hydroxylation is 2. The Hall–Kier alpha value is -3.94. The summed E-state index contributed by atoms with van der Waals surface area (Å²) >= 11 is 0. The summed E-state index contributed by atoms with van der Waals surface area (Å²) in [5.74, 6) is 0.354. The van der Waals surface area contributed by atoms with Crippen LogP contribution in [0.4, 0.5) is 16.2 Å². The van der Waals surface area contributed by atoms with E-state index in [9.17, 15) is 23.1 Å². The molecule has 3 N–H and O–H groups in total. The topological polar surface area (TPSA) is 154 Å². The number of hydrogen-bond donors (Lipinski definition) is 3. The van der Waals surface area contributed by atoms with E-state index >= 15 is 0 Å². The number of carbonyl (C=O) groups excluding carboxylic acids is 2. The number of nitrogens with one attached hydrogen (secondary N) is 2. The Bertz CT molecular complexity index is 1510. The molecule has 4 rings (SSSR count). The van der Waals surface area contributed by atoms with E-state index in [1.54, 1.807) is 62.1 Å². The Labute approximate surface area is 245 Å². The van der Waals surface area contributed by atoms with Crippen molar-refractivity contribution in [2.75, 3.05) is 37.4 Å². The summed E-state index contributed by atoms with van der Waals surface area (Å²) in [6, 6.07) is 12.1. The highest BCUT2D eigenvalue weighted by Crippen LogP contribution is 2.30. The number of benzene rings is 2. The number of amides is 3. The number of hydrogen-bond acceptors (Lipinski definition) is 8. The van der Waals surface area contributed by atoms with Crippen molar-refractivity contribution in [1.82, 2.24) is 14.4 Å². The molecule has 2 aromatic carbocycles. The number of fused-ring (bicyclic) bond motifs is 1. The van der Waals surface area contributed by atoms with Crippen molar-refractivity contribution in [3.63, 3.8) is 0 Å². The van der Waals surface area contributed by atoms with Crippen molar-refractivity contribution in [3.05, 3.63) is 65.5 Å². The monoisotopic (exact) mass is 599 g/mol. The molecule has 226 valence electrons. The van der Waals surface area contributed by atoms with Crippen molar-refractivity contribution in [2.24, 2.45) is 5.92 Å². The SMILES string of the molecule is Cc1noc(C)c1NC(=O)Nc1ccc2c(c1)CC(=O)N([C@H](C)CO)C[C@H](C)[C@@H](CN(C)S(=O)(=O)c1ccccc1)O2. The van der Waals surface area contributed by atoms with Gasteiger partial charge in [0.2, 0.25) is 15.9 Å². The lowest BCUT2D eigenvalue weighted by molar-refractivity contribution is -0.134. The summed E-state index contributed by atoms with van der Waals surface area (Å²) in [5, 5.41) is 19.2. The molecule has 0 bridgehead atoms. The highest BCUT2D eigenvalue weighted by molar-refractivity contribution is 7.89. The van der Waals surface area contributed by atoms with Crippen LogP contribution in [0.1, 0.15) is 30.9 Å². The van der Waals surface area contributed by atoms with Gasteiger partial charge in [0, 0.05) is 30.8 Å². The zero-order valence-electron chi connectivity index (χ0n) is 24.3. The number of rotatable bonds is 8. The number of aromatic nitrogens is 1. The van der Waals surface area contributed by atoms with Crippen LogP contribution in [-0.2, 0) is 21.2 Å². The standard InChI is InChI=1S/C29H37N5O7S/c1-18-15-34(19(2)17-35)27(36)14-22-13-23(30-29(37)31-28-20(3)32-41-21(28)4)11-12-25(22)40-26(18)16-33(5)42(38,39)24-9-7-6-8-10-24/h6-13,18-19,26,35H,14-17H2,1-5H3,(H2,30,31,37)/t18-,19+,26+/m0/s1. The molecule has 0 saturated carbocycles. The lowest BCUT2D eigenvalue weighted by atomic mass is 10.0. The molecule has 0 aliphatic carbocycles. The van der Waals surface area contributed by atoms with E-state index in [2.05, 4.69) is 15.8 Å². The molecule has 1 aliphatic rings. The fraction of sp³-hybridized carbons (Fsp3) is 0.414. The van der Waals surface area contributed by atoms with E-state index in [1.165, 1.54) is 23.5 Å². The van der Waals surface area contributed by atoms with E-state index in [0.29, 0.717) is 34.1 Å². The van der Waals surface area contributed by atoms with Crippen molar-refractivity contribution in [3.8, 4) is 5.75 Å². The van der Waals surface area contributed by atoms with Gasteiger partial charge in [0.05, 0.1) is 30.5 Å². The summed E-state index contributed by atoms with van der Waals surface area (Å²) in [5.41, 5.74) is 1.93. The normalized spacial score (nSPS) is 18.4. The smallest absolute Gasteiger partial charge is 0.323 e. The molecular formula is C29H37N5O7S. The lowest BCUT2D eigenvalue weighted by Crippen LogP contribution is -2.48.